The van der Waals surface area contributed by atoms with Crippen molar-refractivity contribution >= 4 is 116 Å². The SMILES string of the molecule is CCc1cc(NC(=O)C(N=Nc2ccc(Cl)c(C(=O)Nc3ccc(Cl)cc3C(F)(F)F)c2)C(C)=O)cc(CC)c1NC(=O)C(N=Nc1ccc(Cl)c(C(=O)Nc2ccc(Cl)cc2C(F)(F)F)c1)C(C)=O. The van der Waals surface area contributed by atoms with Crippen LogP contribution in [0.2, 0.25) is 20.1 Å². The zero-order chi connectivity index (χ0) is 51.8. The highest BCUT2D eigenvalue weighted by Crippen LogP contribution is 2.39. The molecule has 24 heteroatoms. The number of nitrogens with zero attached hydrogens (tertiary/aromatic N) is 4. The van der Waals surface area contributed by atoms with Crippen molar-refractivity contribution in [2.75, 3.05) is 21.3 Å². The van der Waals surface area contributed by atoms with Crippen molar-refractivity contribution < 1.29 is 55.1 Å². The third-order valence-electron chi connectivity index (χ3n) is 9.88. The van der Waals surface area contributed by atoms with Crippen molar-refractivity contribution in [1.29, 1.82) is 0 Å². The standard InChI is InChI=1S/C46H36Cl4F6N8O6/c1-5-23-15-29(57-43(69)38(21(3)65)63-61-27-9-11-34(49)30(19-27)41(67)58-36-13-7-25(47)17-32(36)45(51,52)53)16-24(6-2)40(23)60-44(70)39(22(4)66)64-62-28-10-12-35(50)31(20-28)42(68)59-37-14-8-26(48)18-33(37)46(54,55)56/h7-20,38-39H,5-6H2,1-4H3,(H,57,69)(H,58,67)(H,59,68)(H,60,70). The molecular weight excluding hydrogens is 1020 g/mol. The van der Waals surface area contributed by atoms with Gasteiger partial charge in [0.2, 0.25) is 12.1 Å². The summed E-state index contributed by atoms with van der Waals surface area (Å²) in [5.74, 6) is -5.41. The summed E-state index contributed by atoms with van der Waals surface area (Å²) >= 11 is 23.9. The van der Waals surface area contributed by atoms with Crippen LogP contribution in [0.5, 0.6) is 0 Å². The summed E-state index contributed by atoms with van der Waals surface area (Å²) in [6.45, 7) is 5.63. The number of nitrogens with one attached hydrogen (secondary N) is 4. The molecule has 5 rings (SSSR count). The molecule has 0 aliphatic carbocycles. The van der Waals surface area contributed by atoms with Crippen LogP contribution in [0.15, 0.2) is 105 Å². The van der Waals surface area contributed by atoms with Gasteiger partial charge >= 0.3 is 12.4 Å². The lowest BCUT2D eigenvalue weighted by Crippen LogP contribution is -2.33. The van der Waals surface area contributed by atoms with Crippen LogP contribution < -0.4 is 21.3 Å². The largest absolute Gasteiger partial charge is 0.418 e. The topological polar surface area (TPSA) is 200 Å². The lowest BCUT2D eigenvalue weighted by atomic mass is 10.0. The number of hydrogen-bond donors (Lipinski definition) is 4. The summed E-state index contributed by atoms with van der Waals surface area (Å²) in [5.41, 5.74) is -3.00. The lowest BCUT2D eigenvalue weighted by Gasteiger charge is -2.19. The highest BCUT2D eigenvalue weighted by molar-refractivity contribution is 6.35. The molecule has 4 N–H and O–H groups in total. The molecule has 0 saturated heterocycles. The predicted molar refractivity (Wildman–Crippen MR) is 252 cm³/mol. The van der Waals surface area contributed by atoms with E-state index in [2.05, 4.69) is 41.7 Å². The fourth-order valence-electron chi connectivity index (χ4n) is 6.44. The van der Waals surface area contributed by atoms with Gasteiger partial charge in [0.05, 0.1) is 55.0 Å². The van der Waals surface area contributed by atoms with E-state index >= 15 is 0 Å². The van der Waals surface area contributed by atoms with E-state index in [9.17, 15) is 55.1 Å². The molecule has 70 heavy (non-hydrogen) atoms. The number of aryl methyl sites for hydroxylation is 2. The van der Waals surface area contributed by atoms with E-state index in [1.54, 1.807) is 13.8 Å². The summed E-state index contributed by atoms with van der Waals surface area (Å²) in [6.07, 6.45) is -9.18. The molecule has 0 spiro atoms. The molecule has 0 saturated carbocycles. The van der Waals surface area contributed by atoms with Crippen LogP contribution in [0.4, 0.5) is 60.5 Å². The fraction of sp³-hybridized carbons (Fsp3) is 0.217. The minimum Gasteiger partial charge on any atom is -0.324 e. The number of azo groups is 2. The first kappa shape index (κ1) is 54.2. The number of rotatable bonds is 16. The minimum absolute atomic E-state index is 0.0886. The first-order valence-electron chi connectivity index (χ1n) is 20.4. The van der Waals surface area contributed by atoms with Gasteiger partial charge in [-0.3, -0.25) is 28.8 Å². The molecule has 0 fully saturated rings. The number of amides is 4. The Balaban J connectivity index is 1.32. The summed E-state index contributed by atoms with van der Waals surface area (Å²) in [6, 6.07) is 12.2. The highest BCUT2D eigenvalue weighted by atomic mass is 35.5. The van der Waals surface area contributed by atoms with Crippen molar-refractivity contribution in [3.8, 4) is 0 Å². The Morgan fingerprint density at radius 1 is 0.529 bits per heavy atom. The van der Waals surface area contributed by atoms with Gasteiger partial charge < -0.3 is 21.3 Å². The van der Waals surface area contributed by atoms with Gasteiger partial charge in [0.25, 0.3) is 23.6 Å². The molecule has 2 atom stereocenters. The maximum atomic E-state index is 13.7. The Hall–Kier alpha value is -6.74. The third-order valence-corrected chi connectivity index (χ3v) is 11.0. The summed E-state index contributed by atoms with van der Waals surface area (Å²) < 4.78 is 81.9. The smallest absolute Gasteiger partial charge is 0.324 e. The quantitative estimate of drug-likeness (QED) is 0.0430. The van der Waals surface area contributed by atoms with Crippen molar-refractivity contribution in [2.24, 2.45) is 20.5 Å². The maximum Gasteiger partial charge on any atom is 0.418 e. The van der Waals surface area contributed by atoms with Crippen LogP contribution in [-0.4, -0.2) is 47.3 Å². The molecule has 366 valence electrons. The number of hydrogen-bond acceptors (Lipinski definition) is 10. The minimum atomic E-state index is -4.86. The van der Waals surface area contributed by atoms with E-state index in [-0.39, 0.29) is 66.8 Å². The maximum absolute atomic E-state index is 13.7. The van der Waals surface area contributed by atoms with E-state index < -0.39 is 82.1 Å². The highest BCUT2D eigenvalue weighted by Gasteiger charge is 2.36. The van der Waals surface area contributed by atoms with E-state index in [1.807, 2.05) is 0 Å². The van der Waals surface area contributed by atoms with Gasteiger partial charge in [0.1, 0.15) is 0 Å². The van der Waals surface area contributed by atoms with Crippen molar-refractivity contribution in [2.45, 2.75) is 65.0 Å². The summed E-state index contributed by atoms with van der Waals surface area (Å²) in [4.78, 5) is 78.7. The Morgan fingerprint density at radius 2 is 0.914 bits per heavy atom. The molecule has 0 bridgehead atoms. The van der Waals surface area contributed by atoms with Crippen LogP contribution in [0.25, 0.3) is 0 Å². The van der Waals surface area contributed by atoms with Crippen LogP contribution in [0, 0.1) is 0 Å². The number of benzene rings is 5. The molecule has 0 aliphatic rings. The second-order valence-corrected chi connectivity index (χ2v) is 16.6. The molecule has 5 aromatic carbocycles. The van der Waals surface area contributed by atoms with Crippen molar-refractivity contribution in [1.82, 2.24) is 0 Å². The van der Waals surface area contributed by atoms with E-state index in [1.165, 1.54) is 36.4 Å². The number of anilines is 4. The Morgan fingerprint density at radius 3 is 1.27 bits per heavy atom. The number of alkyl halides is 6. The number of ketones is 2. The monoisotopic (exact) mass is 1050 g/mol. The van der Waals surface area contributed by atoms with Crippen LogP contribution in [-0.2, 0) is 44.4 Å². The first-order chi connectivity index (χ1) is 32.8. The molecule has 14 nitrogen and oxygen atoms in total. The molecule has 0 radical (unpaired) electrons. The normalized spacial score (nSPS) is 12.7. The summed E-state index contributed by atoms with van der Waals surface area (Å²) in [7, 11) is 0. The average molecular weight is 1050 g/mol. The van der Waals surface area contributed by atoms with Gasteiger partial charge in [-0.25, -0.2) is 0 Å². The van der Waals surface area contributed by atoms with E-state index in [0.29, 0.717) is 23.3 Å². The zero-order valence-electron chi connectivity index (χ0n) is 36.7. The number of carbonyl (C=O) groups excluding carboxylic acids is 6. The molecule has 5 aromatic rings. The van der Waals surface area contributed by atoms with Gasteiger partial charge in [0.15, 0.2) is 11.6 Å². The fourth-order valence-corrected chi connectivity index (χ4v) is 7.19. The third kappa shape index (κ3) is 13.7. The van der Waals surface area contributed by atoms with Crippen LogP contribution in [0.3, 0.4) is 0 Å². The molecule has 0 heterocycles. The number of halogens is 10. The molecule has 4 amide bonds. The van der Waals surface area contributed by atoms with E-state index in [4.69, 9.17) is 46.4 Å². The lowest BCUT2D eigenvalue weighted by molar-refractivity contribution is -0.137. The van der Waals surface area contributed by atoms with Gasteiger partial charge in [-0.1, -0.05) is 60.3 Å². The van der Waals surface area contributed by atoms with Crippen molar-refractivity contribution in [3.63, 3.8) is 0 Å². The Bertz CT molecular complexity index is 2940. The van der Waals surface area contributed by atoms with Crippen molar-refractivity contribution in [3.05, 3.63) is 138 Å². The van der Waals surface area contributed by atoms with Crippen LogP contribution in [0.1, 0.15) is 70.7 Å². The number of Topliss-reactive ketones (excluding diaryl/α,β-unsaturated/α-hetero) is 2. The van der Waals surface area contributed by atoms with Gasteiger partial charge in [-0.2, -0.15) is 46.8 Å². The molecular formula is C46H36Cl4F6N8O6. The van der Waals surface area contributed by atoms with Crippen LogP contribution >= 0.6 is 46.4 Å². The summed E-state index contributed by atoms with van der Waals surface area (Å²) in [5, 5.41) is 24.5. The molecule has 0 aromatic heterocycles. The molecule has 0 aliphatic heterocycles. The van der Waals surface area contributed by atoms with Gasteiger partial charge in [-0.15, -0.1) is 0 Å². The first-order valence-corrected chi connectivity index (χ1v) is 21.9. The Kier molecular flexibility index (Phi) is 17.6. The predicted octanol–water partition coefficient (Wildman–Crippen LogP) is 13.3. The number of carbonyl (C=O) groups is 6. The Labute approximate surface area is 414 Å². The molecule has 2 unspecified atom stereocenters. The van der Waals surface area contributed by atoms with Gasteiger partial charge in [-0.05, 0) is 123 Å². The average Bonchev–Trinajstić information content (AvgIpc) is 3.28. The zero-order valence-corrected chi connectivity index (χ0v) is 39.7. The van der Waals surface area contributed by atoms with Gasteiger partial charge in [0, 0.05) is 21.4 Å². The second-order valence-electron chi connectivity index (χ2n) is 14.9. The second kappa shape index (κ2) is 22.8. The van der Waals surface area contributed by atoms with E-state index in [0.717, 1.165) is 50.2 Å².